The van der Waals surface area contributed by atoms with Crippen LogP contribution in [0, 0.1) is 11.8 Å². The van der Waals surface area contributed by atoms with Crippen LogP contribution in [0.1, 0.15) is 42.5 Å². The summed E-state index contributed by atoms with van der Waals surface area (Å²) < 4.78 is 5.31. The summed E-state index contributed by atoms with van der Waals surface area (Å²) in [6.45, 7) is 1.54. The fourth-order valence-corrected chi connectivity index (χ4v) is 4.17. The summed E-state index contributed by atoms with van der Waals surface area (Å²) in [4.78, 5) is 26.8. The number of rotatable bonds is 1. The first-order valence-corrected chi connectivity index (χ1v) is 8.54. The van der Waals surface area contributed by atoms with Crippen molar-refractivity contribution in [1.29, 1.82) is 0 Å². The van der Waals surface area contributed by atoms with E-state index in [1.54, 1.807) is 12.1 Å². The molecule has 2 fully saturated rings. The van der Waals surface area contributed by atoms with Gasteiger partial charge in [-0.3, -0.25) is 4.79 Å². The molecule has 0 bridgehead atoms. The second kappa shape index (κ2) is 5.84. The molecule has 120 valence electrons. The van der Waals surface area contributed by atoms with Gasteiger partial charge in [-0.15, -0.1) is 0 Å². The molecule has 4 rings (SSSR count). The number of hydrogen-bond donors (Lipinski definition) is 0. The molecule has 1 amide bonds. The Bertz CT molecular complexity index is 795. The van der Waals surface area contributed by atoms with Crippen molar-refractivity contribution >= 4 is 16.9 Å². The Labute approximate surface area is 135 Å². The summed E-state index contributed by atoms with van der Waals surface area (Å²) in [7, 11) is 0. The van der Waals surface area contributed by atoms with Crippen LogP contribution in [-0.2, 0) is 0 Å². The molecule has 1 saturated heterocycles. The van der Waals surface area contributed by atoms with Gasteiger partial charge in [0.2, 0.25) is 0 Å². The number of amides is 1. The molecule has 1 aliphatic carbocycles. The largest absolute Gasteiger partial charge is 0.422 e. The maximum atomic E-state index is 12.8. The normalized spacial score (nSPS) is 24.4. The molecule has 0 unspecified atom stereocenters. The van der Waals surface area contributed by atoms with E-state index in [4.69, 9.17) is 4.42 Å². The summed E-state index contributed by atoms with van der Waals surface area (Å²) in [5.41, 5.74) is 0.164. The minimum absolute atomic E-state index is 0.165. The quantitative estimate of drug-likeness (QED) is 0.758. The van der Waals surface area contributed by atoms with Crippen LogP contribution in [0.15, 0.2) is 39.5 Å². The third-order valence-electron chi connectivity index (χ3n) is 5.45. The Morgan fingerprint density at radius 1 is 1.09 bits per heavy atom. The fraction of sp³-hybridized carbons (Fsp3) is 0.474. The van der Waals surface area contributed by atoms with Gasteiger partial charge in [0.05, 0.1) is 0 Å². The Balaban J connectivity index is 1.61. The van der Waals surface area contributed by atoms with E-state index >= 15 is 0 Å². The van der Waals surface area contributed by atoms with Crippen LogP contribution in [0.2, 0.25) is 0 Å². The topological polar surface area (TPSA) is 50.5 Å². The molecule has 2 atom stereocenters. The predicted molar refractivity (Wildman–Crippen MR) is 88.5 cm³/mol. The van der Waals surface area contributed by atoms with Gasteiger partial charge in [-0.2, -0.15) is 0 Å². The van der Waals surface area contributed by atoms with Crippen molar-refractivity contribution < 1.29 is 9.21 Å². The van der Waals surface area contributed by atoms with Crippen LogP contribution in [0.5, 0.6) is 0 Å². The lowest BCUT2D eigenvalue weighted by atomic mass is 9.75. The van der Waals surface area contributed by atoms with E-state index < -0.39 is 5.63 Å². The van der Waals surface area contributed by atoms with Gasteiger partial charge in [-0.1, -0.05) is 37.5 Å². The van der Waals surface area contributed by atoms with Crippen molar-refractivity contribution in [3.05, 3.63) is 46.3 Å². The zero-order valence-corrected chi connectivity index (χ0v) is 13.2. The molecular formula is C19H21NO3. The standard InChI is InChI=1S/C19H21NO3/c21-18(20-10-9-13-5-1-2-7-15(13)12-20)16-11-14-6-3-4-8-17(14)23-19(16)22/h3-4,6,8,11,13,15H,1-2,5,7,9-10,12H2/t13-,15-/m1/s1. The molecule has 1 aromatic carbocycles. The highest BCUT2D eigenvalue weighted by atomic mass is 16.4. The van der Waals surface area contributed by atoms with Crippen molar-refractivity contribution in [1.82, 2.24) is 4.90 Å². The predicted octanol–water partition coefficient (Wildman–Crippen LogP) is 3.45. The van der Waals surface area contributed by atoms with Gasteiger partial charge in [0.25, 0.3) is 5.91 Å². The molecule has 1 aromatic heterocycles. The third-order valence-corrected chi connectivity index (χ3v) is 5.45. The zero-order chi connectivity index (χ0) is 15.8. The average Bonchev–Trinajstić information content (AvgIpc) is 2.60. The lowest BCUT2D eigenvalue weighted by Gasteiger charge is -2.41. The monoisotopic (exact) mass is 311 g/mol. The maximum Gasteiger partial charge on any atom is 0.349 e. The maximum absolute atomic E-state index is 12.8. The third kappa shape index (κ3) is 2.67. The van der Waals surface area contributed by atoms with E-state index in [1.165, 1.54) is 25.7 Å². The molecule has 1 aliphatic heterocycles. The number of likely N-dealkylation sites (tertiary alicyclic amines) is 1. The number of benzene rings is 1. The molecule has 2 aliphatic rings. The molecular weight excluding hydrogens is 290 g/mol. The Morgan fingerprint density at radius 3 is 2.74 bits per heavy atom. The van der Waals surface area contributed by atoms with Gasteiger partial charge in [-0.25, -0.2) is 4.79 Å². The first kappa shape index (κ1) is 14.5. The second-order valence-electron chi connectivity index (χ2n) is 6.83. The fourth-order valence-electron chi connectivity index (χ4n) is 4.17. The van der Waals surface area contributed by atoms with Gasteiger partial charge in [0, 0.05) is 18.5 Å². The van der Waals surface area contributed by atoms with Crippen LogP contribution in [0.3, 0.4) is 0 Å². The molecule has 4 nitrogen and oxygen atoms in total. The van der Waals surface area contributed by atoms with Crippen molar-refractivity contribution in [2.24, 2.45) is 11.8 Å². The first-order chi connectivity index (χ1) is 11.2. The van der Waals surface area contributed by atoms with Crippen molar-refractivity contribution in [2.45, 2.75) is 32.1 Å². The Morgan fingerprint density at radius 2 is 1.87 bits per heavy atom. The average molecular weight is 311 g/mol. The molecule has 2 heterocycles. The highest BCUT2D eigenvalue weighted by Gasteiger charge is 2.34. The summed E-state index contributed by atoms with van der Waals surface area (Å²) in [5, 5.41) is 0.794. The number of para-hydroxylation sites is 1. The van der Waals surface area contributed by atoms with E-state index in [9.17, 15) is 9.59 Å². The number of carbonyl (C=O) groups is 1. The zero-order valence-electron chi connectivity index (χ0n) is 13.2. The number of carbonyl (C=O) groups excluding carboxylic acids is 1. The summed E-state index contributed by atoms with van der Waals surface area (Å²) in [5.74, 6) is 1.20. The van der Waals surface area contributed by atoms with Gasteiger partial charge in [-0.05, 0) is 36.8 Å². The number of hydrogen-bond acceptors (Lipinski definition) is 3. The van der Waals surface area contributed by atoms with E-state index in [-0.39, 0.29) is 11.5 Å². The van der Waals surface area contributed by atoms with Crippen LogP contribution in [0.25, 0.3) is 11.0 Å². The van der Waals surface area contributed by atoms with Crippen molar-refractivity contribution in [2.75, 3.05) is 13.1 Å². The van der Waals surface area contributed by atoms with Gasteiger partial charge in [0.1, 0.15) is 11.1 Å². The number of fused-ring (bicyclic) bond motifs is 2. The van der Waals surface area contributed by atoms with Crippen LogP contribution >= 0.6 is 0 Å². The molecule has 0 N–H and O–H groups in total. The second-order valence-corrected chi connectivity index (χ2v) is 6.83. The minimum atomic E-state index is -0.528. The van der Waals surface area contributed by atoms with Gasteiger partial charge >= 0.3 is 5.63 Å². The van der Waals surface area contributed by atoms with Crippen LogP contribution < -0.4 is 5.63 Å². The molecule has 0 spiro atoms. The molecule has 1 saturated carbocycles. The molecule has 4 heteroatoms. The van der Waals surface area contributed by atoms with Crippen molar-refractivity contribution in [3.8, 4) is 0 Å². The molecule has 0 radical (unpaired) electrons. The van der Waals surface area contributed by atoms with E-state index in [0.29, 0.717) is 11.5 Å². The van der Waals surface area contributed by atoms with Gasteiger partial charge < -0.3 is 9.32 Å². The Hall–Kier alpha value is -2.10. The highest BCUT2D eigenvalue weighted by Crippen LogP contribution is 2.36. The van der Waals surface area contributed by atoms with Crippen LogP contribution in [-0.4, -0.2) is 23.9 Å². The summed E-state index contributed by atoms with van der Waals surface area (Å²) in [6.07, 6.45) is 6.16. The lowest BCUT2D eigenvalue weighted by molar-refractivity contribution is 0.0517. The highest BCUT2D eigenvalue weighted by molar-refractivity contribution is 5.96. The van der Waals surface area contributed by atoms with Crippen LogP contribution in [0.4, 0.5) is 0 Å². The van der Waals surface area contributed by atoms with E-state index in [0.717, 1.165) is 30.8 Å². The van der Waals surface area contributed by atoms with Crippen molar-refractivity contribution in [3.63, 3.8) is 0 Å². The first-order valence-electron chi connectivity index (χ1n) is 8.54. The Kier molecular flexibility index (Phi) is 3.68. The number of piperidine rings is 1. The minimum Gasteiger partial charge on any atom is -0.422 e. The lowest BCUT2D eigenvalue weighted by Crippen LogP contribution is -2.45. The SMILES string of the molecule is O=C(c1cc2ccccc2oc1=O)N1CC[C@H]2CCCC[C@@H]2C1. The summed E-state index contributed by atoms with van der Waals surface area (Å²) in [6, 6.07) is 8.99. The number of nitrogens with zero attached hydrogens (tertiary/aromatic N) is 1. The van der Waals surface area contributed by atoms with E-state index in [2.05, 4.69) is 0 Å². The smallest absolute Gasteiger partial charge is 0.349 e. The molecule has 2 aromatic rings. The van der Waals surface area contributed by atoms with Gasteiger partial charge in [0.15, 0.2) is 0 Å². The van der Waals surface area contributed by atoms with E-state index in [1.807, 2.05) is 23.1 Å². The summed E-state index contributed by atoms with van der Waals surface area (Å²) >= 11 is 0. The molecule has 23 heavy (non-hydrogen) atoms.